The molecule has 0 aliphatic heterocycles. The maximum Gasteiger partial charge on any atom is 0.341 e. The lowest BCUT2D eigenvalue weighted by atomic mass is 9.82. The number of rotatable bonds is 28. The van der Waals surface area contributed by atoms with E-state index >= 15 is 0 Å². The van der Waals surface area contributed by atoms with Crippen LogP contribution in [0.2, 0.25) is 0 Å². The highest BCUT2D eigenvalue weighted by Crippen LogP contribution is 2.35. The molecule has 2 fully saturated rings. The van der Waals surface area contributed by atoms with Crippen LogP contribution in [-0.2, 0) is 47.7 Å². The fourth-order valence-electron chi connectivity index (χ4n) is 8.41. The fourth-order valence-corrected chi connectivity index (χ4v) is 8.41. The van der Waals surface area contributed by atoms with Crippen molar-refractivity contribution in [2.75, 3.05) is 40.6 Å². The smallest absolute Gasteiger partial charge is 0.341 e. The topological polar surface area (TPSA) is 229 Å². The van der Waals surface area contributed by atoms with Crippen molar-refractivity contribution >= 4 is 48.3 Å². The van der Waals surface area contributed by atoms with Gasteiger partial charge in [-0.25, -0.2) is 19.2 Å². The van der Waals surface area contributed by atoms with Crippen molar-refractivity contribution in [1.82, 2.24) is 0 Å². The maximum atomic E-state index is 13.1. The Hall–Kier alpha value is -7.50. The molecule has 3 aromatic carbocycles. The number of hydrogen-bond donors (Lipinski definition) is 0. The molecular formula is C64H90O18. The summed E-state index contributed by atoms with van der Waals surface area (Å²) in [5.74, 6) is -1.77. The zero-order valence-corrected chi connectivity index (χ0v) is 50.1. The van der Waals surface area contributed by atoms with E-state index in [2.05, 4.69) is 20.1 Å². The lowest BCUT2D eigenvalue weighted by molar-refractivity contribution is -0.145. The summed E-state index contributed by atoms with van der Waals surface area (Å²) in [6.07, 6.45) is 14.4. The van der Waals surface area contributed by atoms with E-state index in [-0.39, 0.29) is 58.6 Å². The molecule has 2 aliphatic carbocycles. The summed E-state index contributed by atoms with van der Waals surface area (Å²) in [5.41, 5.74) is 1.02. The third kappa shape index (κ3) is 27.3. The number of carbonyl (C=O) groups is 8. The molecule has 0 amide bonds. The van der Waals surface area contributed by atoms with E-state index in [1.807, 2.05) is 48.5 Å². The van der Waals surface area contributed by atoms with Crippen molar-refractivity contribution < 1.29 is 85.7 Å². The van der Waals surface area contributed by atoms with Crippen LogP contribution >= 0.6 is 0 Å². The summed E-state index contributed by atoms with van der Waals surface area (Å²) < 4.78 is 52.6. The predicted octanol–water partition coefficient (Wildman–Crippen LogP) is 13.3. The lowest BCUT2D eigenvalue weighted by Gasteiger charge is -2.26. The molecule has 0 bridgehead atoms. The van der Waals surface area contributed by atoms with Gasteiger partial charge in [0.25, 0.3) is 6.47 Å². The SMILES string of the molecule is C=CC(=O)OCCCCCCOc1ccc(OC(=O)C2CCC(C(=O)Oc3ccc(OC(=O)C4CCC(C)CC4)cc3C(=O)OC)CC2)cc1C.C=CC(=O)OCCCCCCOc1ccc(OC=O)cc1C(=O)OC.CC.CC.CC. The maximum absolute atomic E-state index is 13.1. The average molecular weight is 1150 g/mol. The Labute approximate surface area is 485 Å². The van der Waals surface area contributed by atoms with Gasteiger partial charge in [0.2, 0.25) is 0 Å². The molecule has 0 radical (unpaired) electrons. The highest BCUT2D eigenvalue weighted by atomic mass is 16.6. The Morgan fingerprint density at radius 2 is 0.841 bits per heavy atom. The minimum Gasteiger partial charge on any atom is -0.493 e. The summed E-state index contributed by atoms with van der Waals surface area (Å²) in [6, 6.07) is 14.0. The molecule has 18 heteroatoms. The first-order valence-electron chi connectivity index (χ1n) is 28.8. The van der Waals surface area contributed by atoms with Gasteiger partial charge in [0, 0.05) is 12.2 Å². The number of hydrogen-bond acceptors (Lipinski definition) is 18. The van der Waals surface area contributed by atoms with Crippen LogP contribution in [0.15, 0.2) is 79.9 Å². The molecule has 454 valence electrons. The van der Waals surface area contributed by atoms with Crippen molar-refractivity contribution in [1.29, 1.82) is 0 Å². The lowest BCUT2D eigenvalue weighted by Crippen LogP contribution is -2.30. The van der Waals surface area contributed by atoms with Gasteiger partial charge in [-0.05, 0) is 176 Å². The van der Waals surface area contributed by atoms with Crippen LogP contribution in [0.1, 0.15) is 177 Å². The number of methoxy groups -OCH3 is 2. The molecule has 0 saturated heterocycles. The summed E-state index contributed by atoms with van der Waals surface area (Å²) in [5, 5.41) is 0. The molecule has 2 saturated carbocycles. The van der Waals surface area contributed by atoms with Gasteiger partial charge in [0.15, 0.2) is 0 Å². The van der Waals surface area contributed by atoms with Gasteiger partial charge in [-0.3, -0.25) is 19.2 Å². The number of unbranched alkanes of at least 4 members (excludes halogenated alkanes) is 6. The molecule has 5 rings (SSSR count). The number of aryl methyl sites for hydroxylation is 1. The Kier molecular flexibility index (Phi) is 38.3. The van der Waals surface area contributed by atoms with Gasteiger partial charge in [0.1, 0.15) is 45.6 Å². The van der Waals surface area contributed by atoms with Crippen molar-refractivity contribution in [3.05, 3.63) is 96.6 Å². The van der Waals surface area contributed by atoms with Crippen molar-refractivity contribution in [2.45, 2.75) is 158 Å². The second-order valence-electron chi connectivity index (χ2n) is 18.5. The van der Waals surface area contributed by atoms with Gasteiger partial charge in [-0.2, -0.15) is 0 Å². The van der Waals surface area contributed by atoms with E-state index < -0.39 is 35.8 Å². The van der Waals surface area contributed by atoms with Crippen LogP contribution < -0.4 is 28.4 Å². The summed E-state index contributed by atoms with van der Waals surface area (Å²) in [4.78, 5) is 95.5. The van der Waals surface area contributed by atoms with Gasteiger partial charge in [0.05, 0.1) is 58.4 Å². The highest BCUT2D eigenvalue weighted by molar-refractivity contribution is 5.95. The standard InChI is InChI=1S/C40H50O11.C18H22O7.3C2H6/c1-5-36(41)48-23-9-7-6-8-22-47-34-20-18-31(24-27(34)3)49-38(43)29-14-16-30(17-15-29)39(44)51-35-21-19-32(25-33(35)40(45)46-4)50-37(42)28-12-10-26(2)11-13-28;1-3-17(20)24-11-7-5-4-6-10-23-16-9-8-14(25-13-19)12-15(16)18(21)22-2;3*1-2/h5,18-21,24-26,28-30H,1,6-17,22-23H2,2-4H3;3,8-9,12-13H,1,4-7,10-11H2,2H3;3*1-2H3. The van der Waals surface area contributed by atoms with Gasteiger partial charge in [-0.1, -0.05) is 61.6 Å². The quantitative estimate of drug-likeness (QED) is 0.0164. The second-order valence-corrected chi connectivity index (χ2v) is 18.5. The number of benzene rings is 3. The fraction of sp³-hybridized carbons (Fsp3) is 0.531. The first-order chi connectivity index (χ1) is 39.7. The summed E-state index contributed by atoms with van der Waals surface area (Å²) in [6.45, 7) is 24.8. The molecule has 2 aliphatic rings. The number of carbonyl (C=O) groups excluding carboxylic acids is 8. The first-order valence-corrected chi connectivity index (χ1v) is 28.8. The molecule has 3 aromatic rings. The van der Waals surface area contributed by atoms with E-state index in [1.165, 1.54) is 44.6 Å². The zero-order chi connectivity index (χ0) is 61.2. The molecular weight excluding hydrogens is 1060 g/mol. The average Bonchev–Trinajstić information content (AvgIpc) is 3.57. The molecule has 0 atom stereocenters. The third-order valence-electron chi connectivity index (χ3n) is 12.8. The predicted molar refractivity (Wildman–Crippen MR) is 311 cm³/mol. The molecule has 0 heterocycles. The van der Waals surface area contributed by atoms with E-state index in [1.54, 1.807) is 24.3 Å². The molecule has 0 unspecified atom stereocenters. The second kappa shape index (κ2) is 43.3. The Balaban J connectivity index is 0.000000909. The molecule has 0 spiro atoms. The van der Waals surface area contributed by atoms with Gasteiger partial charge >= 0.3 is 41.8 Å². The monoisotopic (exact) mass is 1150 g/mol. The van der Waals surface area contributed by atoms with Crippen LogP contribution in [-0.4, -0.2) is 88.9 Å². The zero-order valence-electron chi connectivity index (χ0n) is 50.1. The Morgan fingerprint density at radius 3 is 1.28 bits per heavy atom. The van der Waals surface area contributed by atoms with Crippen molar-refractivity contribution in [3.8, 4) is 34.5 Å². The van der Waals surface area contributed by atoms with Crippen molar-refractivity contribution in [3.63, 3.8) is 0 Å². The van der Waals surface area contributed by atoms with Crippen molar-refractivity contribution in [2.24, 2.45) is 23.7 Å². The summed E-state index contributed by atoms with van der Waals surface area (Å²) >= 11 is 0. The minimum absolute atomic E-state index is 0.0157. The summed E-state index contributed by atoms with van der Waals surface area (Å²) in [7, 11) is 2.48. The van der Waals surface area contributed by atoms with E-state index in [9.17, 15) is 38.4 Å². The van der Waals surface area contributed by atoms with Crippen LogP contribution in [0, 0.1) is 30.6 Å². The number of ether oxygens (including phenoxy) is 10. The van der Waals surface area contributed by atoms with E-state index in [0.29, 0.717) is 75.3 Å². The largest absolute Gasteiger partial charge is 0.493 e. The third-order valence-corrected chi connectivity index (χ3v) is 12.8. The van der Waals surface area contributed by atoms with E-state index in [4.69, 9.17) is 47.4 Å². The van der Waals surface area contributed by atoms with Gasteiger partial charge in [-0.15, -0.1) is 0 Å². The number of esters is 7. The molecule has 0 N–H and O–H groups in total. The molecule has 82 heavy (non-hydrogen) atoms. The first kappa shape index (κ1) is 72.5. The normalized spacial score (nSPS) is 15.6. The van der Waals surface area contributed by atoms with Gasteiger partial charge < -0.3 is 47.4 Å². The minimum atomic E-state index is -0.721. The van der Waals surface area contributed by atoms with E-state index in [0.717, 1.165) is 94.8 Å². The Morgan fingerprint density at radius 1 is 0.476 bits per heavy atom. The highest BCUT2D eigenvalue weighted by Gasteiger charge is 2.33. The molecule has 18 nitrogen and oxygen atoms in total. The van der Waals surface area contributed by atoms with Crippen LogP contribution in [0.5, 0.6) is 34.5 Å². The van der Waals surface area contributed by atoms with Crippen LogP contribution in [0.3, 0.4) is 0 Å². The Bertz CT molecular complexity index is 2430. The molecule has 0 aromatic heterocycles. The van der Waals surface area contributed by atoms with Crippen LogP contribution in [0.25, 0.3) is 0 Å². The van der Waals surface area contributed by atoms with Crippen LogP contribution in [0.4, 0.5) is 0 Å².